The van der Waals surface area contributed by atoms with E-state index in [-0.39, 0.29) is 6.54 Å². The number of nitrogens with zero attached hydrogens (tertiary/aromatic N) is 1. The number of carbonyl (C=O) groups excluding carboxylic acids is 2. The Hall–Kier alpha value is -1.27. The van der Waals surface area contributed by atoms with E-state index in [9.17, 15) is 22.8 Å². The zero-order valence-corrected chi connectivity index (χ0v) is 9.89. The molecule has 0 spiro atoms. The molecule has 17 heavy (non-hydrogen) atoms. The van der Waals surface area contributed by atoms with Gasteiger partial charge in [-0.15, -0.1) is 0 Å². The summed E-state index contributed by atoms with van der Waals surface area (Å²) in [5.41, 5.74) is -1.14. The number of rotatable bonds is 2. The molecule has 2 amide bonds. The van der Waals surface area contributed by atoms with Crippen molar-refractivity contribution in [3.05, 3.63) is 0 Å². The lowest BCUT2D eigenvalue weighted by Gasteiger charge is -2.40. The van der Waals surface area contributed by atoms with Crippen LogP contribution in [-0.2, 0) is 9.59 Å². The van der Waals surface area contributed by atoms with Crippen molar-refractivity contribution in [1.82, 2.24) is 10.2 Å². The van der Waals surface area contributed by atoms with Crippen molar-refractivity contribution in [2.75, 3.05) is 6.54 Å². The molecule has 0 bridgehead atoms. The molecule has 0 saturated carbocycles. The summed E-state index contributed by atoms with van der Waals surface area (Å²) in [7, 11) is 0. The van der Waals surface area contributed by atoms with E-state index in [4.69, 9.17) is 0 Å². The Morgan fingerprint density at radius 1 is 1.41 bits per heavy atom. The Morgan fingerprint density at radius 2 is 1.94 bits per heavy atom. The van der Waals surface area contributed by atoms with Crippen molar-refractivity contribution in [2.45, 2.75) is 44.9 Å². The second-order valence-electron chi connectivity index (χ2n) is 4.77. The van der Waals surface area contributed by atoms with E-state index in [0.29, 0.717) is 0 Å². The molecule has 1 saturated heterocycles. The lowest BCUT2D eigenvalue weighted by atomic mass is 9.98. The van der Waals surface area contributed by atoms with E-state index in [1.165, 1.54) is 20.8 Å². The number of nitrogens with one attached hydrogen (secondary N) is 1. The summed E-state index contributed by atoms with van der Waals surface area (Å²) in [6, 6.07) is -1.03. The van der Waals surface area contributed by atoms with Crippen LogP contribution in [0.2, 0.25) is 0 Å². The topological polar surface area (TPSA) is 49.4 Å². The summed E-state index contributed by atoms with van der Waals surface area (Å²) >= 11 is 0. The average molecular weight is 252 g/mol. The third-order valence-electron chi connectivity index (χ3n) is 2.62. The molecule has 0 aromatic rings. The highest BCUT2D eigenvalue weighted by molar-refractivity contribution is 5.97. The van der Waals surface area contributed by atoms with E-state index in [1.54, 1.807) is 0 Å². The van der Waals surface area contributed by atoms with Crippen molar-refractivity contribution < 1.29 is 22.8 Å². The number of halogens is 3. The highest BCUT2D eigenvalue weighted by Crippen LogP contribution is 2.26. The number of amides is 2. The normalized spacial score (nSPS) is 22.4. The van der Waals surface area contributed by atoms with Crippen molar-refractivity contribution in [3.63, 3.8) is 0 Å². The monoisotopic (exact) mass is 252 g/mol. The van der Waals surface area contributed by atoms with Crippen molar-refractivity contribution in [3.8, 4) is 0 Å². The Morgan fingerprint density at radius 3 is 2.41 bits per heavy atom. The zero-order valence-electron chi connectivity index (χ0n) is 9.89. The minimum Gasteiger partial charge on any atom is -0.341 e. The number of alkyl halides is 3. The summed E-state index contributed by atoms with van der Waals surface area (Å²) in [5, 5.41) is 2.44. The first-order chi connectivity index (χ1) is 7.53. The molecule has 1 heterocycles. The van der Waals surface area contributed by atoms with Gasteiger partial charge in [-0.25, -0.2) is 0 Å². The lowest BCUT2D eigenvalue weighted by molar-refractivity contribution is -0.163. The maximum Gasteiger partial charge on any atom is 0.391 e. The van der Waals surface area contributed by atoms with Crippen molar-refractivity contribution in [2.24, 2.45) is 0 Å². The summed E-state index contributed by atoms with van der Waals surface area (Å²) in [4.78, 5) is 24.2. The molecule has 1 aliphatic heterocycles. The van der Waals surface area contributed by atoms with Gasteiger partial charge in [-0.1, -0.05) is 0 Å². The van der Waals surface area contributed by atoms with Gasteiger partial charge < -0.3 is 10.2 Å². The van der Waals surface area contributed by atoms with Crippen molar-refractivity contribution in [1.29, 1.82) is 0 Å². The molecule has 0 radical (unpaired) electrons. The van der Waals surface area contributed by atoms with Gasteiger partial charge >= 0.3 is 6.18 Å². The molecule has 98 valence electrons. The van der Waals surface area contributed by atoms with Crippen molar-refractivity contribution >= 4 is 11.8 Å². The van der Waals surface area contributed by atoms with E-state index >= 15 is 0 Å². The molecule has 1 atom stereocenters. The third-order valence-corrected chi connectivity index (χ3v) is 2.62. The van der Waals surface area contributed by atoms with Gasteiger partial charge in [0.2, 0.25) is 11.8 Å². The molecule has 0 aromatic carbocycles. The standard InChI is InChI=1S/C10H15F3N2O2/c1-6(4-10(11,12)13)15-5-7(16)14-9(2,3)8(15)17/h6H,4-5H2,1-3H3,(H,14,16). The average Bonchev–Trinajstić information content (AvgIpc) is 2.07. The first-order valence-electron chi connectivity index (χ1n) is 5.22. The Labute approximate surface area is 97.1 Å². The quantitative estimate of drug-likeness (QED) is 0.799. The third kappa shape index (κ3) is 3.34. The molecule has 7 heteroatoms. The van der Waals surface area contributed by atoms with Crippen LogP contribution in [0.5, 0.6) is 0 Å². The largest absolute Gasteiger partial charge is 0.391 e. The van der Waals surface area contributed by atoms with Gasteiger partial charge in [0.05, 0.1) is 13.0 Å². The van der Waals surface area contributed by atoms with Gasteiger partial charge in [-0.2, -0.15) is 13.2 Å². The summed E-state index contributed by atoms with van der Waals surface area (Å²) in [6.07, 6.45) is -5.46. The van der Waals surface area contributed by atoms with Gasteiger partial charge in [-0.05, 0) is 20.8 Å². The van der Waals surface area contributed by atoms with Gasteiger partial charge in [-0.3, -0.25) is 9.59 Å². The highest BCUT2D eigenvalue weighted by Gasteiger charge is 2.43. The van der Waals surface area contributed by atoms with Gasteiger partial charge in [0.1, 0.15) is 5.54 Å². The molecule has 0 aromatic heterocycles. The van der Waals surface area contributed by atoms with Crippen LogP contribution in [0.3, 0.4) is 0 Å². The predicted molar refractivity (Wildman–Crippen MR) is 54.1 cm³/mol. The van der Waals surface area contributed by atoms with Crippen LogP contribution in [0.1, 0.15) is 27.2 Å². The minimum absolute atomic E-state index is 0.320. The van der Waals surface area contributed by atoms with Gasteiger partial charge in [0.15, 0.2) is 0 Å². The van der Waals surface area contributed by atoms with Crippen LogP contribution in [-0.4, -0.2) is 41.0 Å². The van der Waals surface area contributed by atoms with Crippen LogP contribution >= 0.6 is 0 Å². The summed E-state index contributed by atoms with van der Waals surface area (Å²) < 4.78 is 36.7. The molecule has 1 unspecified atom stereocenters. The number of hydrogen-bond acceptors (Lipinski definition) is 2. The summed E-state index contributed by atoms with van der Waals surface area (Å²) in [6.45, 7) is 3.92. The fraction of sp³-hybridized carbons (Fsp3) is 0.800. The molecular formula is C10H15F3N2O2. The molecule has 1 N–H and O–H groups in total. The molecule has 0 aliphatic carbocycles. The first kappa shape index (κ1) is 13.8. The lowest BCUT2D eigenvalue weighted by Crippen LogP contribution is -2.65. The fourth-order valence-electron chi connectivity index (χ4n) is 1.83. The number of piperazine rings is 1. The van der Waals surface area contributed by atoms with Crippen LogP contribution in [0.15, 0.2) is 0 Å². The SMILES string of the molecule is CC(CC(F)(F)F)N1CC(=O)NC(C)(C)C1=O. The fourth-order valence-corrected chi connectivity index (χ4v) is 1.83. The zero-order chi connectivity index (χ0) is 13.4. The Balaban J connectivity index is 2.82. The van der Waals surface area contributed by atoms with Crippen LogP contribution in [0.25, 0.3) is 0 Å². The Kier molecular flexibility index (Phi) is 3.40. The highest BCUT2D eigenvalue weighted by atomic mass is 19.4. The minimum atomic E-state index is -4.35. The number of carbonyl (C=O) groups is 2. The predicted octanol–water partition coefficient (Wildman–Crippen LogP) is 1.06. The molecule has 1 fully saturated rings. The van der Waals surface area contributed by atoms with Crippen LogP contribution in [0.4, 0.5) is 13.2 Å². The maximum atomic E-state index is 12.2. The Bertz CT molecular complexity index is 339. The second kappa shape index (κ2) is 4.19. The van der Waals surface area contributed by atoms with Crippen LogP contribution < -0.4 is 5.32 Å². The summed E-state index contributed by atoms with van der Waals surface area (Å²) in [5.74, 6) is -0.933. The van der Waals surface area contributed by atoms with E-state index in [0.717, 1.165) is 4.90 Å². The number of hydrogen-bond donors (Lipinski definition) is 1. The van der Waals surface area contributed by atoms with Gasteiger partial charge in [0, 0.05) is 6.04 Å². The molecule has 1 rings (SSSR count). The molecular weight excluding hydrogens is 237 g/mol. The van der Waals surface area contributed by atoms with Gasteiger partial charge in [0.25, 0.3) is 0 Å². The van der Waals surface area contributed by atoms with E-state index in [2.05, 4.69) is 5.32 Å². The smallest absolute Gasteiger partial charge is 0.341 e. The van der Waals surface area contributed by atoms with E-state index in [1.807, 2.05) is 0 Å². The van der Waals surface area contributed by atoms with Crippen LogP contribution in [0, 0.1) is 0 Å². The first-order valence-corrected chi connectivity index (χ1v) is 5.22. The molecule has 1 aliphatic rings. The van der Waals surface area contributed by atoms with E-state index < -0.39 is 36.0 Å². The maximum absolute atomic E-state index is 12.2. The molecule has 4 nitrogen and oxygen atoms in total. The second-order valence-corrected chi connectivity index (χ2v) is 4.77.